The number of para-hydroxylation sites is 1. The lowest BCUT2D eigenvalue weighted by Gasteiger charge is -2.13. The number of pyridine rings is 1. The molecule has 0 bridgehead atoms. The van der Waals surface area contributed by atoms with Gasteiger partial charge in [-0.1, -0.05) is 18.2 Å². The molecule has 1 aromatic heterocycles. The van der Waals surface area contributed by atoms with E-state index in [1.807, 2.05) is 0 Å². The van der Waals surface area contributed by atoms with Gasteiger partial charge in [0.15, 0.2) is 11.5 Å². The van der Waals surface area contributed by atoms with Gasteiger partial charge in [0.2, 0.25) is 0 Å². The highest BCUT2D eigenvalue weighted by Gasteiger charge is 2.32. The zero-order chi connectivity index (χ0) is 13.0. The normalized spacial score (nSPS) is 11.1. The van der Waals surface area contributed by atoms with E-state index < -0.39 is 12.1 Å². The Balaban J connectivity index is 2.23. The highest BCUT2D eigenvalue weighted by molar-refractivity contribution is 5.40. The van der Waals surface area contributed by atoms with Crippen LogP contribution in [0.2, 0.25) is 0 Å². The van der Waals surface area contributed by atoms with Gasteiger partial charge in [-0.15, -0.1) is 13.2 Å². The summed E-state index contributed by atoms with van der Waals surface area (Å²) >= 11 is 0. The van der Waals surface area contributed by atoms with Gasteiger partial charge in [-0.3, -0.25) is 4.98 Å². The van der Waals surface area contributed by atoms with Crippen LogP contribution < -0.4 is 9.47 Å². The summed E-state index contributed by atoms with van der Waals surface area (Å²) in [6.45, 7) is 0. The van der Waals surface area contributed by atoms with Crippen molar-refractivity contribution in [3.63, 3.8) is 0 Å². The van der Waals surface area contributed by atoms with Gasteiger partial charge in [0.25, 0.3) is 0 Å². The third-order valence-corrected chi connectivity index (χ3v) is 1.94. The Bertz CT molecular complexity index is 514. The van der Waals surface area contributed by atoms with Crippen LogP contribution >= 0.6 is 0 Å². The molecule has 0 atom stereocenters. The molecule has 0 spiro atoms. The second-order valence-electron chi connectivity index (χ2n) is 3.29. The molecule has 1 aromatic carbocycles. The van der Waals surface area contributed by atoms with Crippen molar-refractivity contribution in [2.75, 3.05) is 0 Å². The number of aromatic nitrogens is 1. The van der Waals surface area contributed by atoms with Crippen LogP contribution in [0.5, 0.6) is 17.2 Å². The third-order valence-electron chi connectivity index (χ3n) is 1.94. The molecule has 0 amide bonds. The molecular weight excluding hydrogens is 247 g/mol. The van der Waals surface area contributed by atoms with Crippen LogP contribution in [0.15, 0.2) is 48.8 Å². The summed E-state index contributed by atoms with van der Waals surface area (Å²) in [6, 6.07) is 9.50. The summed E-state index contributed by atoms with van der Waals surface area (Å²) in [5.74, 6) is -0.125. The number of nitrogens with zero attached hydrogens (tertiary/aromatic N) is 1. The Hall–Kier alpha value is -2.24. The Morgan fingerprint density at radius 3 is 2.33 bits per heavy atom. The molecule has 2 aromatic rings. The highest BCUT2D eigenvalue weighted by atomic mass is 19.4. The van der Waals surface area contributed by atoms with Gasteiger partial charge in [-0.25, -0.2) is 0 Å². The molecule has 0 saturated carbocycles. The quantitative estimate of drug-likeness (QED) is 0.836. The fraction of sp³-hybridized carbons (Fsp3) is 0.0833. The van der Waals surface area contributed by atoms with Crippen molar-refractivity contribution in [2.24, 2.45) is 0 Å². The molecular formula is C12H8F3NO2. The van der Waals surface area contributed by atoms with Crippen molar-refractivity contribution in [2.45, 2.75) is 6.36 Å². The molecule has 0 saturated heterocycles. The molecule has 6 heteroatoms. The molecule has 0 radical (unpaired) electrons. The second kappa shape index (κ2) is 4.95. The van der Waals surface area contributed by atoms with Crippen LogP contribution in [-0.4, -0.2) is 11.3 Å². The van der Waals surface area contributed by atoms with Crippen LogP contribution in [0.25, 0.3) is 0 Å². The van der Waals surface area contributed by atoms with Gasteiger partial charge in [0.05, 0.1) is 6.20 Å². The number of hydrogen-bond acceptors (Lipinski definition) is 3. The first-order valence-corrected chi connectivity index (χ1v) is 4.97. The maximum atomic E-state index is 12.2. The Labute approximate surface area is 101 Å². The summed E-state index contributed by atoms with van der Waals surface area (Å²) in [7, 11) is 0. The van der Waals surface area contributed by atoms with Crippen molar-refractivity contribution in [3.05, 3.63) is 48.8 Å². The first kappa shape index (κ1) is 12.2. The standard InChI is InChI=1S/C12H8F3NO2/c13-12(14,15)18-10-6-7-16-8-11(10)17-9-4-2-1-3-5-9/h1-8H. The van der Waals surface area contributed by atoms with Gasteiger partial charge >= 0.3 is 6.36 Å². The van der Waals surface area contributed by atoms with Crippen molar-refractivity contribution in [3.8, 4) is 17.2 Å². The topological polar surface area (TPSA) is 31.4 Å². The number of benzene rings is 1. The number of hydrogen-bond donors (Lipinski definition) is 0. The molecule has 18 heavy (non-hydrogen) atoms. The molecule has 0 fully saturated rings. The number of alkyl halides is 3. The average molecular weight is 255 g/mol. The van der Waals surface area contributed by atoms with E-state index in [0.717, 1.165) is 12.3 Å². The molecule has 0 unspecified atom stereocenters. The lowest BCUT2D eigenvalue weighted by molar-refractivity contribution is -0.275. The minimum Gasteiger partial charge on any atom is -0.452 e. The van der Waals surface area contributed by atoms with E-state index in [-0.39, 0.29) is 5.75 Å². The molecule has 94 valence electrons. The average Bonchev–Trinajstić information content (AvgIpc) is 2.31. The van der Waals surface area contributed by atoms with E-state index in [9.17, 15) is 13.2 Å². The van der Waals surface area contributed by atoms with Crippen LogP contribution in [0, 0.1) is 0 Å². The van der Waals surface area contributed by atoms with Crippen molar-refractivity contribution < 1.29 is 22.6 Å². The van der Waals surface area contributed by atoms with E-state index in [1.54, 1.807) is 30.3 Å². The van der Waals surface area contributed by atoms with Crippen molar-refractivity contribution >= 4 is 0 Å². The summed E-state index contributed by atoms with van der Waals surface area (Å²) in [5.41, 5.74) is 0. The first-order valence-electron chi connectivity index (χ1n) is 4.97. The number of rotatable bonds is 3. The summed E-state index contributed by atoms with van der Waals surface area (Å²) in [6.07, 6.45) is -2.41. The zero-order valence-electron chi connectivity index (χ0n) is 9.02. The Morgan fingerprint density at radius 1 is 0.944 bits per heavy atom. The fourth-order valence-electron chi connectivity index (χ4n) is 1.27. The molecule has 2 rings (SSSR count). The summed E-state index contributed by atoms with van der Waals surface area (Å²) in [4.78, 5) is 3.70. The second-order valence-corrected chi connectivity index (χ2v) is 3.29. The smallest absolute Gasteiger partial charge is 0.452 e. The van der Waals surface area contributed by atoms with E-state index in [4.69, 9.17) is 4.74 Å². The Kier molecular flexibility index (Phi) is 3.36. The molecule has 0 aliphatic rings. The van der Waals surface area contributed by atoms with Gasteiger partial charge in [-0.05, 0) is 12.1 Å². The SMILES string of the molecule is FC(F)(F)Oc1ccncc1Oc1ccccc1. The van der Waals surface area contributed by atoms with E-state index >= 15 is 0 Å². The van der Waals surface area contributed by atoms with Gasteiger partial charge in [0.1, 0.15) is 5.75 Å². The largest absolute Gasteiger partial charge is 0.573 e. The van der Waals surface area contributed by atoms with E-state index in [1.165, 1.54) is 6.20 Å². The fourth-order valence-corrected chi connectivity index (χ4v) is 1.27. The summed E-state index contributed by atoms with van der Waals surface area (Å²) < 4.78 is 45.6. The predicted molar refractivity (Wildman–Crippen MR) is 57.4 cm³/mol. The molecule has 0 N–H and O–H groups in total. The minimum atomic E-state index is -4.77. The monoisotopic (exact) mass is 255 g/mol. The number of ether oxygens (including phenoxy) is 2. The molecule has 3 nitrogen and oxygen atoms in total. The first-order chi connectivity index (χ1) is 8.54. The third kappa shape index (κ3) is 3.38. The van der Waals surface area contributed by atoms with Gasteiger partial charge in [0, 0.05) is 12.3 Å². The number of halogens is 3. The van der Waals surface area contributed by atoms with Crippen LogP contribution in [0.1, 0.15) is 0 Å². The van der Waals surface area contributed by atoms with Crippen LogP contribution in [0.3, 0.4) is 0 Å². The van der Waals surface area contributed by atoms with Crippen molar-refractivity contribution in [1.82, 2.24) is 4.98 Å². The molecule has 1 heterocycles. The summed E-state index contributed by atoms with van der Waals surface area (Å²) in [5, 5.41) is 0. The van der Waals surface area contributed by atoms with E-state index in [2.05, 4.69) is 9.72 Å². The lowest BCUT2D eigenvalue weighted by Crippen LogP contribution is -2.17. The van der Waals surface area contributed by atoms with Gasteiger partial charge < -0.3 is 9.47 Å². The Morgan fingerprint density at radius 2 is 1.67 bits per heavy atom. The highest BCUT2D eigenvalue weighted by Crippen LogP contribution is 2.33. The van der Waals surface area contributed by atoms with Crippen LogP contribution in [-0.2, 0) is 0 Å². The van der Waals surface area contributed by atoms with Crippen LogP contribution in [0.4, 0.5) is 13.2 Å². The maximum Gasteiger partial charge on any atom is 0.573 e. The van der Waals surface area contributed by atoms with Gasteiger partial charge in [-0.2, -0.15) is 0 Å². The zero-order valence-corrected chi connectivity index (χ0v) is 9.02. The maximum absolute atomic E-state index is 12.2. The molecule has 0 aliphatic heterocycles. The van der Waals surface area contributed by atoms with Crippen molar-refractivity contribution in [1.29, 1.82) is 0 Å². The molecule has 0 aliphatic carbocycles. The lowest BCUT2D eigenvalue weighted by atomic mass is 10.3. The van der Waals surface area contributed by atoms with E-state index in [0.29, 0.717) is 5.75 Å². The predicted octanol–water partition coefficient (Wildman–Crippen LogP) is 3.77. The minimum absolute atomic E-state index is 0.0963.